The summed E-state index contributed by atoms with van der Waals surface area (Å²) in [5.74, 6) is 0.746. The van der Waals surface area contributed by atoms with E-state index < -0.39 is 0 Å². The monoisotopic (exact) mass is 349 g/mol. The van der Waals surface area contributed by atoms with Crippen molar-refractivity contribution in [2.24, 2.45) is 0 Å². The van der Waals surface area contributed by atoms with Crippen molar-refractivity contribution < 1.29 is 14.3 Å². The molecule has 0 aromatic carbocycles. The number of amides is 2. The third-order valence-electron chi connectivity index (χ3n) is 4.03. The second-order valence-electron chi connectivity index (χ2n) is 5.82. The highest BCUT2D eigenvalue weighted by molar-refractivity contribution is 5.79. The predicted octanol–water partition coefficient (Wildman–Crippen LogP) is 0.448. The van der Waals surface area contributed by atoms with Gasteiger partial charge in [0.25, 0.3) is 0 Å². The molecule has 1 aromatic heterocycles. The number of anilines is 1. The highest BCUT2D eigenvalue weighted by Gasteiger charge is 2.22. The van der Waals surface area contributed by atoms with Crippen LogP contribution in [0.4, 0.5) is 5.95 Å². The molecule has 1 saturated heterocycles. The summed E-state index contributed by atoms with van der Waals surface area (Å²) in [6.07, 6.45) is 4.91. The fourth-order valence-electron chi connectivity index (χ4n) is 2.64. The average Bonchev–Trinajstić information content (AvgIpc) is 2.66. The van der Waals surface area contributed by atoms with Gasteiger partial charge in [-0.05, 0) is 19.4 Å². The van der Waals surface area contributed by atoms with Crippen LogP contribution in [0.3, 0.4) is 0 Å². The van der Waals surface area contributed by atoms with Crippen LogP contribution in [0.2, 0.25) is 0 Å². The molecule has 8 heteroatoms. The summed E-state index contributed by atoms with van der Waals surface area (Å²) in [6, 6.07) is 1.79. The second-order valence-corrected chi connectivity index (χ2v) is 5.82. The van der Waals surface area contributed by atoms with Gasteiger partial charge in [0.1, 0.15) is 0 Å². The summed E-state index contributed by atoms with van der Waals surface area (Å²) in [4.78, 5) is 36.3. The van der Waals surface area contributed by atoms with Crippen LogP contribution in [-0.2, 0) is 14.3 Å². The summed E-state index contributed by atoms with van der Waals surface area (Å²) >= 11 is 0. The molecule has 1 aliphatic rings. The maximum Gasteiger partial charge on any atom is 0.225 e. The van der Waals surface area contributed by atoms with Crippen LogP contribution in [0.15, 0.2) is 18.5 Å². The molecule has 1 fully saturated rings. The fourth-order valence-corrected chi connectivity index (χ4v) is 2.64. The SMILES string of the molecule is CCOCCCC(=O)NCCC(=O)N1CCN(c2ncccn2)CC1. The Morgan fingerprint density at radius 2 is 1.88 bits per heavy atom. The molecule has 0 aliphatic carbocycles. The molecular formula is C17H27N5O3. The lowest BCUT2D eigenvalue weighted by molar-refractivity contribution is -0.131. The van der Waals surface area contributed by atoms with Crippen LogP contribution in [-0.4, -0.2) is 72.6 Å². The van der Waals surface area contributed by atoms with Crippen LogP contribution >= 0.6 is 0 Å². The molecule has 0 atom stereocenters. The molecule has 0 unspecified atom stereocenters. The molecule has 0 radical (unpaired) electrons. The fraction of sp³-hybridized carbons (Fsp3) is 0.647. The number of nitrogens with one attached hydrogen (secondary N) is 1. The minimum Gasteiger partial charge on any atom is -0.382 e. The highest BCUT2D eigenvalue weighted by Crippen LogP contribution is 2.10. The summed E-state index contributed by atoms with van der Waals surface area (Å²) in [6.45, 7) is 6.32. The van der Waals surface area contributed by atoms with Crippen molar-refractivity contribution in [1.29, 1.82) is 0 Å². The predicted molar refractivity (Wildman–Crippen MR) is 94.2 cm³/mol. The van der Waals surface area contributed by atoms with E-state index >= 15 is 0 Å². The van der Waals surface area contributed by atoms with Crippen molar-refractivity contribution in [1.82, 2.24) is 20.2 Å². The van der Waals surface area contributed by atoms with E-state index in [-0.39, 0.29) is 11.8 Å². The first-order valence-electron chi connectivity index (χ1n) is 8.85. The van der Waals surface area contributed by atoms with E-state index in [4.69, 9.17) is 4.74 Å². The maximum atomic E-state index is 12.2. The Labute approximate surface area is 148 Å². The average molecular weight is 349 g/mol. The number of aromatic nitrogens is 2. The summed E-state index contributed by atoms with van der Waals surface area (Å²) in [7, 11) is 0. The lowest BCUT2D eigenvalue weighted by atomic mass is 10.2. The number of ether oxygens (including phenoxy) is 1. The van der Waals surface area contributed by atoms with Crippen LogP contribution in [0.5, 0.6) is 0 Å². The molecule has 25 heavy (non-hydrogen) atoms. The Bertz CT molecular complexity index is 532. The Kier molecular flexibility index (Phi) is 8.11. The van der Waals surface area contributed by atoms with Crippen molar-refractivity contribution in [2.45, 2.75) is 26.2 Å². The zero-order chi connectivity index (χ0) is 17.9. The number of piperazine rings is 1. The van der Waals surface area contributed by atoms with E-state index in [1.165, 1.54) is 0 Å². The number of carbonyl (C=O) groups is 2. The molecule has 0 spiro atoms. The molecular weight excluding hydrogens is 322 g/mol. The molecule has 1 N–H and O–H groups in total. The smallest absolute Gasteiger partial charge is 0.225 e. The zero-order valence-corrected chi connectivity index (χ0v) is 14.8. The summed E-state index contributed by atoms with van der Waals surface area (Å²) in [5, 5.41) is 2.79. The standard InChI is InChI=1S/C17H27N5O3/c1-2-25-14-3-5-15(23)18-9-6-16(24)21-10-12-22(13-11-21)17-19-7-4-8-20-17/h4,7-8H,2-3,5-6,9-14H2,1H3,(H,18,23). The van der Waals surface area contributed by atoms with Crippen molar-refractivity contribution in [3.63, 3.8) is 0 Å². The number of carbonyl (C=O) groups excluding carboxylic acids is 2. The minimum atomic E-state index is -0.0291. The van der Waals surface area contributed by atoms with Gasteiger partial charge in [-0.15, -0.1) is 0 Å². The lowest BCUT2D eigenvalue weighted by Crippen LogP contribution is -2.49. The van der Waals surface area contributed by atoms with Crippen LogP contribution in [0, 0.1) is 0 Å². The lowest BCUT2D eigenvalue weighted by Gasteiger charge is -2.34. The van der Waals surface area contributed by atoms with E-state index in [1.54, 1.807) is 18.5 Å². The molecule has 8 nitrogen and oxygen atoms in total. The van der Waals surface area contributed by atoms with Crippen molar-refractivity contribution in [3.8, 4) is 0 Å². The molecule has 1 aromatic rings. The van der Waals surface area contributed by atoms with Crippen molar-refractivity contribution >= 4 is 17.8 Å². The first kappa shape index (κ1) is 19.1. The van der Waals surface area contributed by atoms with Crippen LogP contribution < -0.4 is 10.2 Å². The number of hydrogen-bond donors (Lipinski definition) is 1. The minimum absolute atomic E-state index is 0.0291. The van der Waals surface area contributed by atoms with Crippen LogP contribution in [0.25, 0.3) is 0 Å². The molecule has 2 amide bonds. The van der Waals surface area contributed by atoms with Gasteiger partial charge in [0, 0.05) is 71.2 Å². The van der Waals surface area contributed by atoms with Gasteiger partial charge < -0.3 is 19.9 Å². The number of nitrogens with zero attached hydrogens (tertiary/aromatic N) is 4. The number of rotatable bonds is 9. The topological polar surface area (TPSA) is 87.7 Å². The summed E-state index contributed by atoms with van der Waals surface area (Å²) < 4.78 is 5.19. The highest BCUT2D eigenvalue weighted by atomic mass is 16.5. The van der Waals surface area contributed by atoms with Gasteiger partial charge in [0.15, 0.2) is 0 Å². The van der Waals surface area contributed by atoms with Gasteiger partial charge in [-0.2, -0.15) is 0 Å². The van der Waals surface area contributed by atoms with Crippen molar-refractivity contribution in [2.75, 3.05) is 50.8 Å². The second kappa shape index (κ2) is 10.6. The van der Waals surface area contributed by atoms with Gasteiger partial charge in [0.2, 0.25) is 17.8 Å². The number of hydrogen-bond acceptors (Lipinski definition) is 6. The third kappa shape index (κ3) is 6.66. The van der Waals surface area contributed by atoms with Crippen LogP contribution in [0.1, 0.15) is 26.2 Å². The van der Waals surface area contributed by atoms with Crippen molar-refractivity contribution in [3.05, 3.63) is 18.5 Å². The van der Waals surface area contributed by atoms with E-state index in [0.717, 1.165) is 13.1 Å². The molecule has 2 heterocycles. The zero-order valence-electron chi connectivity index (χ0n) is 14.8. The summed E-state index contributed by atoms with van der Waals surface area (Å²) in [5.41, 5.74) is 0. The third-order valence-corrected chi connectivity index (χ3v) is 4.03. The first-order valence-corrected chi connectivity index (χ1v) is 8.85. The maximum absolute atomic E-state index is 12.2. The molecule has 138 valence electrons. The van der Waals surface area contributed by atoms with E-state index in [2.05, 4.69) is 20.2 Å². The molecule has 1 aliphatic heterocycles. The van der Waals surface area contributed by atoms with Gasteiger partial charge in [0.05, 0.1) is 0 Å². The largest absolute Gasteiger partial charge is 0.382 e. The molecule has 0 bridgehead atoms. The van der Waals surface area contributed by atoms with Gasteiger partial charge in [-0.3, -0.25) is 9.59 Å². The molecule has 2 rings (SSSR count). The van der Waals surface area contributed by atoms with Gasteiger partial charge in [-0.25, -0.2) is 9.97 Å². The Morgan fingerprint density at radius 3 is 2.56 bits per heavy atom. The Morgan fingerprint density at radius 1 is 1.16 bits per heavy atom. The van der Waals surface area contributed by atoms with Gasteiger partial charge >= 0.3 is 0 Å². The first-order chi connectivity index (χ1) is 12.2. The Hall–Kier alpha value is -2.22. The van der Waals surface area contributed by atoms with Gasteiger partial charge in [-0.1, -0.05) is 0 Å². The normalized spacial score (nSPS) is 14.4. The van der Waals surface area contributed by atoms with E-state index in [1.807, 2.05) is 11.8 Å². The molecule has 0 saturated carbocycles. The Balaban J connectivity index is 1.60. The quantitative estimate of drug-likeness (QED) is 0.651. The van der Waals surface area contributed by atoms with E-state index in [9.17, 15) is 9.59 Å². The van der Waals surface area contributed by atoms with E-state index in [0.29, 0.717) is 58.1 Å².